The molecule has 0 saturated carbocycles. The van der Waals surface area contributed by atoms with Crippen LogP contribution in [0.5, 0.6) is 5.75 Å². The van der Waals surface area contributed by atoms with Crippen molar-refractivity contribution < 1.29 is 18.8 Å². The zero-order valence-electron chi connectivity index (χ0n) is 17.6. The van der Waals surface area contributed by atoms with Gasteiger partial charge in [-0.1, -0.05) is 35.5 Å². The number of rotatable bonds is 5. The number of aromatic amines is 1. The number of carbonyl (C=O) groups is 2. The van der Waals surface area contributed by atoms with E-state index < -0.39 is 11.9 Å². The van der Waals surface area contributed by atoms with Crippen molar-refractivity contribution in [1.29, 1.82) is 0 Å². The Kier molecular flexibility index (Phi) is 5.27. The van der Waals surface area contributed by atoms with Crippen molar-refractivity contribution in [3.05, 3.63) is 71.6 Å². The maximum Gasteiger partial charge on any atom is 0.274 e. The fourth-order valence-electron chi connectivity index (χ4n) is 3.56. The number of fused-ring (bicyclic) bond motifs is 1. The Balaban J connectivity index is 1.29. The highest BCUT2D eigenvalue weighted by Gasteiger charge is 2.31. The molecule has 0 bridgehead atoms. The second-order valence-corrected chi connectivity index (χ2v) is 7.51. The number of aromatic nitrogens is 5. The first-order valence-electron chi connectivity index (χ1n) is 10.2. The summed E-state index contributed by atoms with van der Waals surface area (Å²) in [6.07, 6.45) is 0.508. The van der Waals surface area contributed by atoms with E-state index in [1.807, 2.05) is 30.3 Å². The lowest BCUT2D eigenvalue weighted by atomic mass is 10.1. The van der Waals surface area contributed by atoms with Crippen LogP contribution >= 0.6 is 0 Å². The van der Waals surface area contributed by atoms with Gasteiger partial charge < -0.3 is 19.5 Å². The van der Waals surface area contributed by atoms with Crippen LogP contribution in [0.2, 0.25) is 0 Å². The van der Waals surface area contributed by atoms with Gasteiger partial charge in [0.25, 0.3) is 11.8 Å². The zero-order chi connectivity index (χ0) is 22.8. The summed E-state index contributed by atoms with van der Waals surface area (Å²) >= 11 is 0. The topological polar surface area (TPSA) is 139 Å². The van der Waals surface area contributed by atoms with Crippen molar-refractivity contribution in [3.8, 4) is 17.1 Å². The van der Waals surface area contributed by atoms with E-state index in [0.29, 0.717) is 35.0 Å². The number of H-pyrrole nitrogens is 1. The number of nitrogens with one attached hydrogen (secondary N) is 2. The number of nitrogens with zero attached hydrogens (tertiary/aromatic N) is 5. The summed E-state index contributed by atoms with van der Waals surface area (Å²) < 4.78 is 11.1. The standard InChI is InChI=1S/C22H19N7O4/c1-29-18-10-14(20-24-27-28-25-20)7-8-19(18)32-12-17(22(29)31)23-21(30)16-11-15(33-26-16)9-13-5-3-2-4-6-13/h2-8,10-11,17H,9,12H2,1H3,(H,23,30)(H,24,25,27,28)/t17-/m0/s1. The molecule has 2 N–H and O–H groups in total. The first kappa shape index (κ1) is 20.4. The SMILES string of the molecule is CN1C(=O)[C@@H](NC(=O)c2cc(Cc3ccccc3)on2)COc2ccc(-c3nnn[nH]3)cc21. The Morgan fingerprint density at radius 1 is 1.21 bits per heavy atom. The number of hydrogen-bond donors (Lipinski definition) is 2. The highest BCUT2D eigenvalue weighted by molar-refractivity contribution is 6.03. The zero-order valence-corrected chi connectivity index (χ0v) is 17.6. The molecule has 1 aliphatic heterocycles. The highest BCUT2D eigenvalue weighted by atomic mass is 16.5. The summed E-state index contributed by atoms with van der Waals surface area (Å²) in [6.45, 7) is -0.0279. The smallest absolute Gasteiger partial charge is 0.274 e. The number of tetrazole rings is 1. The maximum atomic E-state index is 13.1. The van der Waals surface area contributed by atoms with E-state index in [9.17, 15) is 9.59 Å². The minimum atomic E-state index is -0.903. The number of benzene rings is 2. The minimum absolute atomic E-state index is 0.0279. The van der Waals surface area contributed by atoms with E-state index in [0.717, 1.165) is 5.56 Å². The molecule has 1 atom stereocenters. The lowest BCUT2D eigenvalue weighted by Gasteiger charge is -2.20. The van der Waals surface area contributed by atoms with Gasteiger partial charge in [-0.2, -0.15) is 0 Å². The third-order valence-corrected chi connectivity index (χ3v) is 5.29. The molecule has 4 aromatic rings. The van der Waals surface area contributed by atoms with Crippen molar-refractivity contribution in [2.24, 2.45) is 0 Å². The molecule has 33 heavy (non-hydrogen) atoms. The van der Waals surface area contributed by atoms with Gasteiger partial charge >= 0.3 is 0 Å². The van der Waals surface area contributed by atoms with Crippen molar-refractivity contribution in [2.75, 3.05) is 18.6 Å². The van der Waals surface area contributed by atoms with Gasteiger partial charge in [0.2, 0.25) is 0 Å². The Morgan fingerprint density at radius 2 is 2.06 bits per heavy atom. The van der Waals surface area contributed by atoms with Gasteiger partial charge in [-0.3, -0.25) is 9.59 Å². The Morgan fingerprint density at radius 3 is 2.85 bits per heavy atom. The van der Waals surface area contributed by atoms with Crippen LogP contribution in [0.4, 0.5) is 5.69 Å². The summed E-state index contributed by atoms with van der Waals surface area (Å²) in [5.74, 6) is 0.667. The molecule has 0 radical (unpaired) electrons. The van der Waals surface area contributed by atoms with Crippen molar-refractivity contribution >= 4 is 17.5 Å². The summed E-state index contributed by atoms with van der Waals surface area (Å²) in [5, 5.41) is 20.2. The molecule has 0 unspecified atom stereocenters. The van der Waals surface area contributed by atoms with Gasteiger partial charge in [0.15, 0.2) is 11.5 Å². The molecular formula is C22H19N7O4. The maximum absolute atomic E-state index is 13.1. The molecule has 1 aliphatic rings. The average molecular weight is 445 g/mol. The molecule has 11 nitrogen and oxygen atoms in total. The van der Waals surface area contributed by atoms with Crippen LogP contribution in [0.15, 0.2) is 59.1 Å². The fraction of sp³-hybridized carbons (Fsp3) is 0.182. The number of carbonyl (C=O) groups excluding carboxylic acids is 2. The molecule has 2 amide bonds. The summed E-state index contributed by atoms with van der Waals surface area (Å²) in [6, 6.07) is 15.6. The Labute approximate surface area is 187 Å². The Bertz CT molecular complexity index is 1290. The second-order valence-electron chi connectivity index (χ2n) is 7.51. The highest BCUT2D eigenvalue weighted by Crippen LogP contribution is 2.34. The monoisotopic (exact) mass is 445 g/mol. The number of anilines is 1. The van der Waals surface area contributed by atoms with Crippen LogP contribution < -0.4 is 15.0 Å². The van der Waals surface area contributed by atoms with Crippen LogP contribution in [0.25, 0.3) is 11.4 Å². The molecule has 2 aromatic heterocycles. The van der Waals surface area contributed by atoms with Gasteiger partial charge in [0.05, 0.1) is 5.69 Å². The van der Waals surface area contributed by atoms with Gasteiger partial charge in [-0.25, -0.2) is 5.10 Å². The minimum Gasteiger partial charge on any atom is -0.489 e. The van der Waals surface area contributed by atoms with Crippen LogP contribution in [-0.4, -0.2) is 57.3 Å². The van der Waals surface area contributed by atoms with Crippen LogP contribution in [-0.2, 0) is 11.2 Å². The van der Waals surface area contributed by atoms with E-state index in [4.69, 9.17) is 9.26 Å². The molecular weight excluding hydrogens is 426 g/mol. The molecule has 3 heterocycles. The predicted molar refractivity (Wildman–Crippen MR) is 116 cm³/mol. The summed E-state index contributed by atoms with van der Waals surface area (Å²) in [5.41, 5.74) is 2.36. The number of ether oxygens (including phenoxy) is 1. The molecule has 5 rings (SSSR count). The first-order chi connectivity index (χ1) is 16.1. The van der Waals surface area contributed by atoms with Crippen LogP contribution in [0.3, 0.4) is 0 Å². The predicted octanol–water partition coefficient (Wildman–Crippen LogP) is 1.60. The lowest BCUT2D eigenvalue weighted by molar-refractivity contribution is -0.120. The molecule has 0 spiro atoms. The van der Waals surface area contributed by atoms with Gasteiger partial charge in [0.1, 0.15) is 24.2 Å². The molecule has 166 valence electrons. The van der Waals surface area contributed by atoms with E-state index >= 15 is 0 Å². The molecule has 0 saturated heterocycles. The number of hydrogen-bond acceptors (Lipinski definition) is 8. The van der Waals surface area contributed by atoms with E-state index in [1.54, 1.807) is 31.3 Å². The largest absolute Gasteiger partial charge is 0.489 e. The molecule has 2 aromatic carbocycles. The van der Waals surface area contributed by atoms with Crippen LogP contribution in [0, 0.1) is 0 Å². The first-order valence-corrected chi connectivity index (χ1v) is 10.2. The average Bonchev–Trinajstić information content (AvgIpc) is 3.52. The Hall–Kier alpha value is -4.54. The number of amides is 2. The lowest BCUT2D eigenvalue weighted by Crippen LogP contribution is -2.49. The third-order valence-electron chi connectivity index (χ3n) is 5.29. The van der Waals surface area contributed by atoms with Gasteiger partial charge in [-0.05, 0) is 34.2 Å². The quantitative estimate of drug-likeness (QED) is 0.472. The van der Waals surface area contributed by atoms with Crippen molar-refractivity contribution in [2.45, 2.75) is 12.5 Å². The van der Waals surface area contributed by atoms with Gasteiger partial charge in [-0.15, -0.1) is 5.10 Å². The third kappa shape index (κ3) is 4.15. The number of likely N-dealkylation sites (N-methyl/N-ethyl adjacent to an activating group) is 1. The normalized spacial score (nSPS) is 15.5. The van der Waals surface area contributed by atoms with E-state index in [2.05, 4.69) is 31.1 Å². The molecule has 0 fully saturated rings. The van der Waals surface area contributed by atoms with Gasteiger partial charge in [0, 0.05) is 25.1 Å². The second kappa shape index (κ2) is 8.54. The molecule has 11 heteroatoms. The van der Waals surface area contributed by atoms with Crippen LogP contribution in [0.1, 0.15) is 21.8 Å². The van der Waals surface area contributed by atoms with Crippen molar-refractivity contribution in [1.82, 2.24) is 31.1 Å². The van der Waals surface area contributed by atoms with Crippen molar-refractivity contribution in [3.63, 3.8) is 0 Å². The molecule has 0 aliphatic carbocycles. The van der Waals surface area contributed by atoms with E-state index in [1.165, 1.54) is 4.90 Å². The summed E-state index contributed by atoms with van der Waals surface area (Å²) in [4.78, 5) is 27.2. The summed E-state index contributed by atoms with van der Waals surface area (Å²) in [7, 11) is 1.62. The van der Waals surface area contributed by atoms with E-state index in [-0.39, 0.29) is 18.2 Å². The fourth-order valence-corrected chi connectivity index (χ4v) is 3.56.